The molecule has 1 saturated carbocycles. The van der Waals surface area contributed by atoms with Gasteiger partial charge in [0, 0.05) is 0 Å². The number of ether oxygens (including phenoxy) is 2. The summed E-state index contributed by atoms with van der Waals surface area (Å²) in [5, 5.41) is 1.89. The smallest absolute Gasteiger partial charge is 0.348 e. The molecule has 21 heavy (non-hydrogen) atoms. The Hall–Kier alpha value is -1.36. The lowest BCUT2D eigenvalue weighted by Crippen LogP contribution is -2.12. The molecule has 0 amide bonds. The van der Waals surface area contributed by atoms with Gasteiger partial charge in [0.15, 0.2) is 0 Å². The van der Waals surface area contributed by atoms with Gasteiger partial charge in [0.05, 0.1) is 19.8 Å². The summed E-state index contributed by atoms with van der Waals surface area (Å²) in [6, 6.07) is 0. The van der Waals surface area contributed by atoms with Crippen molar-refractivity contribution in [3.05, 3.63) is 21.4 Å². The van der Waals surface area contributed by atoms with Gasteiger partial charge in [0.2, 0.25) is 0 Å². The molecule has 0 aromatic carbocycles. The van der Waals surface area contributed by atoms with E-state index in [1.54, 1.807) is 0 Å². The number of carbonyl (C=O) groups excluding carboxylic acids is 2. The molecule has 1 aromatic heterocycles. The molecule has 1 heterocycles. The molecule has 0 saturated heterocycles. The molecule has 0 radical (unpaired) electrons. The number of aryl methyl sites for hydroxylation is 1. The van der Waals surface area contributed by atoms with Crippen LogP contribution in [0.3, 0.4) is 0 Å². The van der Waals surface area contributed by atoms with Gasteiger partial charge in [0.1, 0.15) is 4.88 Å². The topological polar surface area (TPSA) is 52.6 Å². The summed E-state index contributed by atoms with van der Waals surface area (Å²) in [5.74, 6) is -0.176. The lowest BCUT2D eigenvalue weighted by Gasteiger charge is -2.21. The van der Waals surface area contributed by atoms with E-state index in [0.717, 1.165) is 24.3 Å². The minimum atomic E-state index is -0.468. The van der Waals surface area contributed by atoms with Gasteiger partial charge in [-0.2, -0.15) is 0 Å². The van der Waals surface area contributed by atoms with Crippen LogP contribution in [0.1, 0.15) is 64.1 Å². The van der Waals surface area contributed by atoms with Crippen LogP contribution in [0.25, 0.3) is 0 Å². The van der Waals surface area contributed by atoms with Crippen LogP contribution < -0.4 is 0 Å². The van der Waals surface area contributed by atoms with Crippen LogP contribution in [-0.4, -0.2) is 26.2 Å². The second-order valence-electron chi connectivity index (χ2n) is 5.49. The highest BCUT2D eigenvalue weighted by Crippen LogP contribution is 2.30. The third-order valence-electron chi connectivity index (χ3n) is 4.17. The molecule has 5 heteroatoms. The molecule has 0 spiro atoms. The second kappa shape index (κ2) is 7.59. The van der Waals surface area contributed by atoms with E-state index < -0.39 is 11.9 Å². The fourth-order valence-corrected chi connectivity index (χ4v) is 3.99. The Morgan fingerprint density at radius 3 is 2.43 bits per heavy atom. The van der Waals surface area contributed by atoms with Gasteiger partial charge >= 0.3 is 11.9 Å². The summed E-state index contributed by atoms with van der Waals surface area (Å²) >= 11 is 1.26. The summed E-state index contributed by atoms with van der Waals surface area (Å²) in [5.41, 5.74) is 1.31. The molecule has 1 aromatic rings. The van der Waals surface area contributed by atoms with Gasteiger partial charge in [-0.05, 0) is 29.7 Å². The first-order valence-electron chi connectivity index (χ1n) is 7.44. The van der Waals surface area contributed by atoms with Crippen molar-refractivity contribution in [2.75, 3.05) is 14.2 Å². The summed E-state index contributed by atoms with van der Waals surface area (Å²) in [7, 11) is 2.66. The number of rotatable bonds is 5. The quantitative estimate of drug-likeness (QED) is 0.776. The molecule has 0 unspecified atom stereocenters. The second-order valence-corrected chi connectivity index (χ2v) is 6.37. The highest BCUT2D eigenvalue weighted by Gasteiger charge is 2.25. The summed E-state index contributed by atoms with van der Waals surface area (Å²) in [6.07, 6.45) is 8.42. The molecule has 0 N–H and O–H groups in total. The first-order valence-corrected chi connectivity index (χ1v) is 8.32. The third kappa shape index (κ3) is 3.84. The summed E-state index contributed by atoms with van der Waals surface area (Å²) < 4.78 is 9.57. The Balaban J connectivity index is 2.12. The zero-order chi connectivity index (χ0) is 15.2. The van der Waals surface area contributed by atoms with E-state index in [0.29, 0.717) is 10.4 Å². The number of esters is 2. The Morgan fingerprint density at radius 1 is 1.14 bits per heavy atom. The Morgan fingerprint density at radius 2 is 1.81 bits per heavy atom. The standard InChI is InChI=1S/C16H22O4S/c1-19-15(17)13-12(10-21-14(13)16(18)20-2)9-8-11-6-4-3-5-7-11/h10-11H,3-9H2,1-2H3. The van der Waals surface area contributed by atoms with Crippen molar-refractivity contribution in [3.63, 3.8) is 0 Å². The molecule has 1 aliphatic carbocycles. The minimum Gasteiger partial charge on any atom is -0.465 e. The van der Waals surface area contributed by atoms with E-state index in [1.165, 1.54) is 57.7 Å². The highest BCUT2D eigenvalue weighted by atomic mass is 32.1. The maximum absolute atomic E-state index is 12.0. The monoisotopic (exact) mass is 310 g/mol. The predicted molar refractivity (Wildman–Crippen MR) is 81.9 cm³/mol. The van der Waals surface area contributed by atoms with Crippen molar-refractivity contribution in [1.82, 2.24) is 0 Å². The number of carbonyl (C=O) groups is 2. The summed E-state index contributed by atoms with van der Waals surface area (Å²) in [6.45, 7) is 0. The first-order chi connectivity index (χ1) is 10.2. The lowest BCUT2D eigenvalue weighted by molar-refractivity contribution is 0.0559. The molecule has 116 valence electrons. The first kappa shape index (κ1) is 16.0. The molecule has 0 atom stereocenters. The number of thiophene rings is 1. The molecular formula is C16H22O4S. The zero-order valence-electron chi connectivity index (χ0n) is 12.6. The van der Waals surface area contributed by atoms with Crippen LogP contribution >= 0.6 is 11.3 Å². The normalized spacial score (nSPS) is 15.7. The van der Waals surface area contributed by atoms with Crippen molar-refractivity contribution in [2.45, 2.75) is 44.9 Å². The average Bonchev–Trinajstić information content (AvgIpc) is 2.96. The van der Waals surface area contributed by atoms with Gasteiger partial charge in [-0.15, -0.1) is 11.3 Å². The minimum absolute atomic E-state index is 0.350. The van der Waals surface area contributed by atoms with Crippen LogP contribution in [-0.2, 0) is 15.9 Å². The maximum Gasteiger partial charge on any atom is 0.348 e. The van der Waals surface area contributed by atoms with Gasteiger partial charge in [-0.3, -0.25) is 0 Å². The summed E-state index contributed by atoms with van der Waals surface area (Å²) in [4.78, 5) is 24.1. The number of hydrogen-bond acceptors (Lipinski definition) is 5. The van der Waals surface area contributed by atoms with Crippen molar-refractivity contribution < 1.29 is 19.1 Å². The third-order valence-corrected chi connectivity index (χ3v) is 5.18. The van der Waals surface area contributed by atoms with E-state index in [-0.39, 0.29) is 0 Å². The number of hydrogen-bond donors (Lipinski definition) is 0. The number of methoxy groups -OCH3 is 2. The van der Waals surface area contributed by atoms with Gasteiger partial charge in [-0.25, -0.2) is 9.59 Å². The average molecular weight is 310 g/mol. The fourth-order valence-electron chi connectivity index (χ4n) is 2.98. The molecule has 4 nitrogen and oxygen atoms in total. The molecule has 1 fully saturated rings. The molecule has 0 aliphatic heterocycles. The van der Waals surface area contributed by atoms with Crippen LogP contribution in [0.5, 0.6) is 0 Å². The highest BCUT2D eigenvalue weighted by molar-refractivity contribution is 7.12. The SMILES string of the molecule is COC(=O)c1scc(CCC2CCCCC2)c1C(=O)OC. The Kier molecular flexibility index (Phi) is 5.79. The van der Waals surface area contributed by atoms with Crippen molar-refractivity contribution in [3.8, 4) is 0 Å². The van der Waals surface area contributed by atoms with Gasteiger partial charge in [0.25, 0.3) is 0 Å². The van der Waals surface area contributed by atoms with E-state index in [4.69, 9.17) is 9.47 Å². The van der Waals surface area contributed by atoms with Crippen LogP contribution in [0, 0.1) is 5.92 Å². The van der Waals surface area contributed by atoms with E-state index in [1.807, 2.05) is 5.38 Å². The molecule has 2 rings (SSSR count). The van der Waals surface area contributed by atoms with Crippen LogP contribution in [0.4, 0.5) is 0 Å². The fraction of sp³-hybridized carbons (Fsp3) is 0.625. The maximum atomic E-state index is 12.0. The molecular weight excluding hydrogens is 288 g/mol. The molecule has 1 aliphatic rings. The van der Waals surface area contributed by atoms with Crippen molar-refractivity contribution >= 4 is 23.3 Å². The largest absolute Gasteiger partial charge is 0.465 e. The Bertz CT molecular complexity index is 500. The van der Waals surface area contributed by atoms with E-state index >= 15 is 0 Å². The van der Waals surface area contributed by atoms with Crippen LogP contribution in [0.15, 0.2) is 5.38 Å². The van der Waals surface area contributed by atoms with Gasteiger partial charge in [-0.1, -0.05) is 32.1 Å². The van der Waals surface area contributed by atoms with E-state index in [9.17, 15) is 9.59 Å². The van der Waals surface area contributed by atoms with Gasteiger partial charge < -0.3 is 9.47 Å². The Labute approximate surface area is 129 Å². The van der Waals surface area contributed by atoms with E-state index in [2.05, 4.69) is 0 Å². The van der Waals surface area contributed by atoms with Crippen molar-refractivity contribution in [2.24, 2.45) is 5.92 Å². The molecule has 0 bridgehead atoms. The van der Waals surface area contributed by atoms with Crippen LogP contribution in [0.2, 0.25) is 0 Å². The predicted octanol–water partition coefficient (Wildman–Crippen LogP) is 3.83. The lowest BCUT2D eigenvalue weighted by atomic mass is 9.85. The van der Waals surface area contributed by atoms with Crippen molar-refractivity contribution in [1.29, 1.82) is 0 Å². The zero-order valence-corrected chi connectivity index (χ0v) is 13.5.